The minimum absolute atomic E-state index is 0.325. The highest BCUT2D eigenvalue weighted by Gasteiger charge is 2.64. The molecule has 2 aliphatic heterocycles. The second-order valence-corrected chi connectivity index (χ2v) is 10.1. The second-order valence-electron chi connectivity index (χ2n) is 9.21. The van der Waals surface area contributed by atoms with Gasteiger partial charge in [0.05, 0.1) is 23.9 Å². The van der Waals surface area contributed by atoms with Crippen molar-refractivity contribution in [3.63, 3.8) is 0 Å². The fourth-order valence-electron chi connectivity index (χ4n) is 5.33. The first-order valence-corrected chi connectivity index (χ1v) is 12.4. The van der Waals surface area contributed by atoms with Crippen LogP contribution in [0.1, 0.15) is 35.5 Å². The Morgan fingerprint density at radius 1 is 1.06 bits per heavy atom. The SMILES string of the molecule is CCc1ccc(CN2CC(c3ccc(C#N)cc3)C3(C2)C(=O)N(c2cc(Cl)cc(Cl)c2)C(=O)N3C)o1. The number of benzene rings is 2. The zero-order chi connectivity index (χ0) is 25.6. The van der Waals surface area contributed by atoms with Crippen molar-refractivity contribution in [2.45, 2.75) is 31.3 Å². The molecule has 3 aromatic rings. The fraction of sp³-hybridized carbons (Fsp3) is 0.296. The fourth-order valence-corrected chi connectivity index (χ4v) is 5.85. The van der Waals surface area contributed by atoms with Gasteiger partial charge in [0.1, 0.15) is 17.1 Å². The maximum absolute atomic E-state index is 14.2. The Bertz CT molecular complexity index is 1360. The monoisotopic (exact) mass is 522 g/mol. The van der Waals surface area contributed by atoms with Crippen LogP contribution in [0.4, 0.5) is 10.5 Å². The molecule has 5 rings (SSSR count). The molecule has 2 fully saturated rings. The zero-order valence-corrected chi connectivity index (χ0v) is 21.4. The third-order valence-electron chi connectivity index (χ3n) is 7.12. The summed E-state index contributed by atoms with van der Waals surface area (Å²) in [5, 5.41) is 9.92. The summed E-state index contributed by atoms with van der Waals surface area (Å²) in [5.41, 5.74) is 0.592. The molecule has 3 amide bonds. The van der Waals surface area contributed by atoms with Crippen molar-refractivity contribution in [2.24, 2.45) is 0 Å². The molecule has 1 aromatic heterocycles. The van der Waals surface area contributed by atoms with Crippen LogP contribution in [0, 0.1) is 11.3 Å². The number of amides is 3. The van der Waals surface area contributed by atoms with Crippen molar-refractivity contribution in [3.8, 4) is 6.07 Å². The van der Waals surface area contributed by atoms with Gasteiger partial charge in [0.15, 0.2) is 0 Å². The average molecular weight is 523 g/mol. The van der Waals surface area contributed by atoms with Crippen LogP contribution in [0.25, 0.3) is 0 Å². The molecular weight excluding hydrogens is 499 g/mol. The van der Waals surface area contributed by atoms with Gasteiger partial charge in [0.25, 0.3) is 5.91 Å². The molecule has 0 radical (unpaired) electrons. The number of anilines is 1. The topological polar surface area (TPSA) is 80.8 Å². The highest BCUT2D eigenvalue weighted by atomic mass is 35.5. The van der Waals surface area contributed by atoms with Gasteiger partial charge in [-0.15, -0.1) is 0 Å². The van der Waals surface area contributed by atoms with Crippen LogP contribution < -0.4 is 4.90 Å². The number of likely N-dealkylation sites (tertiary alicyclic amines) is 1. The van der Waals surface area contributed by atoms with Crippen molar-refractivity contribution in [1.29, 1.82) is 5.26 Å². The van der Waals surface area contributed by atoms with E-state index < -0.39 is 11.6 Å². The lowest BCUT2D eigenvalue weighted by molar-refractivity contribution is -0.124. The van der Waals surface area contributed by atoms with E-state index in [0.29, 0.717) is 40.9 Å². The first-order chi connectivity index (χ1) is 17.3. The van der Waals surface area contributed by atoms with E-state index in [9.17, 15) is 14.9 Å². The Morgan fingerprint density at radius 2 is 1.72 bits per heavy atom. The summed E-state index contributed by atoms with van der Waals surface area (Å²) in [6.45, 7) is 3.39. The summed E-state index contributed by atoms with van der Waals surface area (Å²) < 4.78 is 5.93. The van der Waals surface area contributed by atoms with Gasteiger partial charge in [-0.05, 0) is 48.0 Å². The van der Waals surface area contributed by atoms with Crippen LogP contribution >= 0.6 is 23.2 Å². The number of rotatable bonds is 5. The van der Waals surface area contributed by atoms with Gasteiger partial charge >= 0.3 is 6.03 Å². The van der Waals surface area contributed by atoms with Crippen LogP contribution in [0.3, 0.4) is 0 Å². The Balaban J connectivity index is 1.57. The molecule has 36 heavy (non-hydrogen) atoms. The molecule has 3 heterocycles. The normalized spacial score (nSPS) is 22.1. The smallest absolute Gasteiger partial charge is 0.332 e. The molecule has 0 N–H and O–H groups in total. The molecule has 1 spiro atoms. The molecule has 9 heteroatoms. The lowest BCUT2D eigenvalue weighted by Crippen LogP contribution is -2.53. The van der Waals surface area contributed by atoms with E-state index in [1.54, 1.807) is 37.4 Å². The van der Waals surface area contributed by atoms with E-state index in [2.05, 4.69) is 11.0 Å². The minimum atomic E-state index is -1.15. The van der Waals surface area contributed by atoms with Gasteiger partial charge in [-0.25, -0.2) is 9.69 Å². The summed E-state index contributed by atoms with van der Waals surface area (Å²) >= 11 is 12.4. The number of aryl methyl sites for hydroxylation is 1. The zero-order valence-electron chi connectivity index (χ0n) is 19.9. The molecule has 7 nitrogen and oxygen atoms in total. The van der Waals surface area contributed by atoms with Crippen molar-refractivity contribution in [1.82, 2.24) is 9.80 Å². The van der Waals surface area contributed by atoms with Crippen LogP contribution in [-0.2, 0) is 17.8 Å². The van der Waals surface area contributed by atoms with Gasteiger partial charge in [0, 0.05) is 42.5 Å². The quantitative estimate of drug-likeness (QED) is 0.415. The number of carbonyl (C=O) groups excluding carboxylic acids is 2. The molecule has 0 saturated carbocycles. The highest BCUT2D eigenvalue weighted by Crippen LogP contribution is 2.47. The van der Waals surface area contributed by atoms with E-state index >= 15 is 0 Å². The maximum atomic E-state index is 14.2. The molecule has 2 aromatic carbocycles. The first kappa shape index (κ1) is 24.4. The van der Waals surface area contributed by atoms with Gasteiger partial charge in [-0.1, -0.05) is 42.3 Å². The highest BCUT2D eigenvalue weighted by molar-refractivity contribution is 6.35. The van der Waals surface area contributed by atoms with Gasteiger partial charge in [-0.3, -0.25) is 9.69 Å². The predicted octanol–water partition coefficient (Wildman–Crippen LogP) is 5.46. The third-order valence-corrected chi connectivity index (χ3v) is 7.56. The first-order valence-electron chi connectivity index (χ1n) is 11.6. The number of hydrogen-bond donors (Lipinski definition) is 0. The molecule has 2 saturated heterocycles. The van der Waals surface area contributed by atoms with Gasteiger partial charge in [0.2, 0.25) is 0 Å². The summed E-state index contributed by atoms with van der Waals surface area (Å²) in [5.74, 6) is 1.04. The number of carbonyl (C=O) groups is 2. The number of urea groups is 1. The van der Waals surface area contributed by atoms with Crippen molar-refractivity contribution < 1.29 is 14.0 Å². The third kappa shape index (κ3) is 3.96. The van der Waals surface area contributed by atoms with E-state index in [-0.39, 0.29) is 11.8 Å². The van der Waals surface area contributed by atoms with Crippen molar-refractivity contribution in [2.75, 3.05) is 25.0 Å². The van der Waals surface area contributed by atoms with Crippen LogP contribution in [0.15, 0.2) is 59.0 Å². The second kappa shape index (κ2) is 9.29. The van der Waals surface area contributed by atoms with E-state index in [1.165, 1.54) is 9.80 Å². The number of hydrogen-bond acceptors (Lipinski definition) is 5. The van der Waals surface area contributed by atoms with Crippen LogP contribution in [0.2, 0.25) is 10.0 Å². The summed E-state index contributed by atoms with van der Waals surface area (Å²) in [6, 6.07) is 17.5. The van der Waals surface area contributed by atoms with Crippen molar-refractivity contribution >= 4 is 40.8 Å². The number of likely N-dealkylation sites (N-methyl/N-ethyl adjacent to an activating group) is 1. The van der Waals surface area contributed by atoms with Gasteiger partial charge in [-0.2, -0.15) is 5.26 Å². The number of halogens is 2. The van der Waals surface area contributed by atoms with Gasteiger partial charge < -0.3 is 9.32 Å². The predicted molar refractivity (Wildman–Crippen MR) is 137 cm³/mol. The van der Waals surface area contributed by atoms with E-state index in [0.717, 1.165) is 23.5 Å². The number of furan rings is 1. The maximum Gasteiger partial charge on any atom is 0.332 e. The molecule has 0 bridgehead atoms. The Kier molecular flexibility index (Phi) is 6.29. The molecule has 2 unspecified atom stereocenters. The van der Waals surface area contributed by atoms with E-state index in [4.69, 9.17) is 27.6 Å². The number of imide groups is 1. The van der Waals surface area contributed by atoms with E-state index in [1.807, 2.05) is 31.2 Å². The summed E-state index contributed by atoms with van der Waals surface area (Å²) in [7, 11) is 1.66. The van der Waals surface area contributed by atoms with Crippen LogP contribution in [-0.4, -0.2) is 47.4 Å². The number of nitrogens with zero attached hydrogens (tertiary/aromatic N) is 4. The van der Waals surface area contributed by atoms with Crippen LogP contribution in [0.5, 0.6) is 0 Å². The summed E-state index contributed by atoms with van der Waals surface area (Å²) in [4.78, 5) is 32.6. The number of nitriles is 1. The minimum Gasteiger partial charge on any atom is -0.465 e. The molecule has 2 aliphatic rings. The Morgan fingerprint density at radius 3 is 2.33 bits per heavy atom. The molecule has 184 valence electrons. The Labute approximate surface area is 219 Å². The Hall–Kier alpha value is -3.31. The standard InChI is InChI=1S/C27H24Cl2N4O3/c1-3-22-8-9-23(36-22)14-32-15-24(18-6-4-17(13-30)5-7-18)27(16-32)25(34)33(26(35)31(27)2)21-11-19(28)10-20(29)12-21/h4-12,24H,3,14-16H2,1-2H3. The lowest BCUT2D eigenvalue weighted by atomic mass is 9.80. The lowest BCUT2D eigenvalue weighted by Gasteiger charge is -2.34. The largest absolute Gasteiger partial charge is 0.465 e. The molecular formula is C27H24Cl2N4O3. The molecule has 0 aliphatic carbocycles. The van der Waals surface area contributed by atoms with Crippen molar-refractivity contribution in [3.05, 3.63) is 87.3 Å². The summed E-state index contributed by atoms with van der Waals surface area (Å²) in [6.07, 6.45) is 0.796. The molecule has 2 atom stereocenters. The average Bonchev–Trinajstić information content (AvgIpc) is 3.52.